The van der Waals surface area contributed by atoms with Crippen molar-refractivity contribution >= 4 is 17.4 Å². The molecule has 4 rings (SSSR count). The molecule has 3 aromatic rings. The summed E-state index contributed by atoms with van der Waals surface area (Å²) in [5.74, 6) is 0.718. The summed E-state index contributed by atoms with van der Waals surface area (Å²) in [5.41, 5.74) is 5.20. The molecule has 5 heteroatoms. The first-order valence-corrected chi connectivity index (χ1v) is 10.8. The molecule has 0 fully saturated rings. The van der Waals surface area contributed by atoms with Crippen molar-refractivity contribution in [3.8, 4) is 11.3 Å². The van der Waals surface area contributed by atoms with Gasteiger partial charge < -0.3 is 0 Å². The molecule has 0 N–H and O–H groups in total. The number of carbonyl (C=O) groups is 1. The van der Waals surface area contributed by atoms with Crippen molar-refractivity contribution in [2.24, 2.45) is 5.92 Å². The van der Waals surface area contributed by atoms with Crippen LogP contribution < -0.4 is 0 Å². The minimum atomic E-state index is -0.0326. The van der Waals surface area contributed by atoms with Crippen molar-refractivity contribution in [2.75, 3.05) is 6.54 Å². The highest BCUT2D eigenvalue weighted by atomic mass is 35.5. The molecule has 0 amide bonds. The summed E-state index contributed by atoms with van der Waals surface area (Å²) >= 11 is 6.53. The first kappa shape index (κ1) is 20.7. The second-order valence-electron chi connectivity index (χ2n) is 8.14. The number of aromatic nitrogens is 2. The Labute approximate surface area is 182 Å². The van der Waals surface area contributed by atoms with Crippen LogP contribution in [0, 0.1) is 5.92 Å². The molecule has 1 aliphatic heterocycles. The van der Waals surface area contributed by atoms with Crippen LogP contribution in [-0.4, -0.2) is 27.2 Å². The van der Waals surface area contributed by atoms with Crippen LogP contribution in [0.15, 0.2) is 54.6 Å². The lowest BCUT2D eigenvalue weighted by Gasteiger charge is -2.30. The molecule has 1 aliphatic rings. The van der Waals surface area contributed by atoms with Crippen molar-refractivity contribution in [3.05, 3.63) is 82.3 Å². The van der Waals surface area contributed by atoms with Gasteiger partial charge in [0.1, 0.15) is 11.6 Å². The molecule has 1 aromatic heterocycles. The summed E-state index contributed by atoms with van der Waals surface area (Å²) < 4.78 is 0. The molecule has 0 bridgehead atoms. The maximum Gasteiger partial charge on any atom is 0.142 e. The highest BCUT2D eigenvalue weighted by Crippen LogP contribution is 2.33. The van der Waals surface area contributed by atoms with Crippen molar-refractivity contribution in [1.82, 2.24) is 14.9 Å². The van der Waals surface area contributed by atoms with Crippen LogP contribution in [0.25, 0.3) is 11.3 Å². The summed E-state index contributed by atoms with van der Waals surface area (Å²) in [6.07, 6.45) is 1.10. The molecule has 0 radical (unpaired) electrons. The second kappa shape index (κ2) is 9.07. The van der Waals surface area contributed by atoms with E-state index < -0.39 is 0 Å². The van der Waals surface area contributed by atoms with E-state index in [2.05, 4.69) is 29.2 Å². The lowest BCUT2D eigenvalue weighted by Crippen LogP contribution is -2.32. The Bertz CT molecular complexity index is 1050. The zero-order chi connectivity index (χ0) is 21.1. The molecule has 0 unspecified atom stereocenters. The monoisotopic (exact) mass is 419 g/mol. The van der Waals surface area contributed by atoms with E-state index in [1.165, 1.54) is 5.56 Å². The summed E-state index contributed by atoms with van der Waals surface area (Å²) in [5, 5.41) is 0.666. The number of carbonyl (C=O) groups excluding carboxylic acids is 1. The van der Waals surface area contributed by atoms with E-state index >= 15 is 0 Å². The molecule has 154 valence electrons. The van der Waals surface area contributed by atoms with E-state index in [4.69, 9.17) is 21.6 Å². The van der Waals surface area contributed by atoms with Crippen LogP contribution in [0.4, 0.5) is 0 Å². The van der Waals surface area contributed by atoms with Gasteiger partial charge in [-0.05, 0) is 11.6 Å². The quantitative estimate of drug-likeness (QED) is 0.556. The van der Waals surface area contributed by atoms with Crippen LogP contribution in [-0.2, 0) is 30.7 Å². The molecule has 0 aliphatic carbocycles. The third-order valence-corrected chi connectivity index (χ3v) is 5.87. The maximum absolute atomic E-state index is 12.3. The van der Waals surface area contributed by atoms with Crippen molar-refractivity contribution < 1.29 is 4.79 Å². The number of nitrogens with zero attached hydrogens (tertiary/aromatic N) is 3. The van der Waals surface area contributed by atoms with Crippen molar-refractivity contribution in [2.45, 2.75) is 39.8 Å². The minimum Gasteiger partial charge on any atom is -0.299 e. The first-order valence-electron chi connectivity index (χ1n) is 10.4. The minimum absolute atomic E-state index is 0.0326. The zero-order valence-corrected chi connectivity index (χ0v) is 18.2. The lowest BCUT2D eigenvalue weighted by atomic mass is 9.98. The van der Waals surface area contributed by atoms with Gasteiger partial charge in [-0.2, -0.15) is 0 Å². The van der Waals surface area contributed by atoms with Gasteiger partial charge in [-0.1, -0.05) is 74.0 Å². The first-order chi connectivity index (χ1) is 14.5. The van der Waals surface area contributed by atoms with Gasteiger partial charge in [-0.3, -0.25) is 9.69 Å². The molecule has 0 saturated carbocycles. The van der Waals surface area contributed by atoms with Gasteiger partial charge in [-0.25, -0.2) is 9.97 Å². The molecule has 2 heterocycles. The largest absolute Gasteiger partial charge is 0.299 e. The molecule has 0 saturated heterocycles. The average Bonchev–Trinajstić information content (AvgIpc) is 2.74. The van der Waals surface area contributed by atoms with Crippen molar-refractivity contribution in [1.29, 1.82) is 0 Å². The Balaban J connectivity index is 1.71. The second-order valence-corrected chi connectivity index (χ2v) is 8.54. The number of Topliss-reactive ketones (excluding diaryl/α,β-unsaturated/α-hetero) is 1. The number of ketones is 1. The van der Waals surface area contributed by atoms with E-state index in [1.54, 1.807) is 0 Å². The van der Waals surface area contributed by atoms with Gasteiger partial charge in [0.25, 0.3) is 0 Å². The molecule has 4 nitrogen and oxygen atoms in total. The highest BCUT2D eigenvalue weighted by molar-refractivity contribution is 6.33. The highest BCUT2D eigenvalue weighted by Gasteiger charge is 2.25. The number of halogens is 1. The van der Waals surface area contributed by atoms with E-state index in [0.29, 0.717) is 10.8 Å². The van der Waals surface area contributed by atoms with Gasteiger partial charge >= 0.3 is 0 Å². The van der Waals surface area contributed by atoms with Gasteiger partial charge in [0, 0.05) is 48.1 Å². The van der Waals surface area contributed by atoms with Gasteiger partial charge in [0.2, 0.25) is 0 Å². The number of hydrogen-bond donors (Lipinski definition) is 0. The van der Waals surface area contributed by atoms with Gasteiger partial charge in [0.05, 0.1) is 17.8 Å². The van der Waals surface area contributed by atoms with Crippen molar-refractivity contribution in [3.63, 3.8) is 0 Å². The van der Waals surface area contributed by atoms with Gasteiger partial charge in [-0.15, -0.1) is 0 Å². The molecular formula is C25H26ClN3O. The predicted octanol–water partition coefficient (Wildman–Crippen LogP) is 5.12. The Morgan fingerprint density at radius 3 is 2.53 bits per heavy atom. The number of hydrogen-bond acceptors (Lipinski definition) is 4. The van der Waals surface area contributed by atoms with E-state index in [9.17, 15) is 4.79 Å². The van der Waals surface area contributed by atoms with E-state index in [0.717, 1.165) is 48.6 Å². The Morgan fingerprint density at radius 2 is 1.80 bits per heavy atom. The summed E-state index contributed by atoms with van der Waals surface area (Å²) in [7, 11) is 0. The topological polar surface area (TPSA) is 46.1 Å². The Hall–Kier alpha value is -2.56. The number of rotatable bonds is 6. The third kappa shape index (κ3) is 4.61. The summed E-state index contributed by atoms with van der Waals surface area (Å²) in [6.45, 7) is 6.41. The number of fused-ring (bicyclic) bond motifs is 1. The van der Waals surface area contributed by atoms with E-state index in [1.807, 2.05) is 44.2 Å². The predicted molar refractivity (Wildman–Crippen MR) is 120 cm³/mol. The molecular weight excluding hydrogens is 394 g/mol. The Morgan fingerprint density at radius 1 is 1.07 bits per heavy atom. The van der Waals surface area contributed by atoms with Gasteiger partial charge in [0.15, 0.2) is 0 Å². The normalized spacial score (nSPS) is 14.0. The molecule has 30 heavy (non-hydrogen) atoms. The SMILES string of the molecule is CC(C)C(=O)Cc1nc2c(c(-c3ccccc3Cl)n1)CN(Cc1ccccc1)CC2. The lowest BCUT2D eigenvalue weighted by molar-refractivity contribution is -0.121. The Kier molecular flexibility index (Phi) is 6.26. The summed E-state index contributed by atoms with van der Waals surface area (Å²) in [4.78, 5) is 24.4. The third-order valence-electron chi connectivity index (χ3n) is 5.54. The zero-order valence-electron chi connectivity index (χ0n) is 17.4. The maximum atomic E-state index is 12.3. The molecule has 0 atom stereocenters. The smallest absolute Gasteiger partial charge is 0.142 e. The average molecular weight is 420 g/mol. The molecule has 0 spiro atoms. The van der Waals surface area contributed by atoms with Crippen LogP contribution in [0.5, 0.6) is 0 Å². The molecule has 2 aromatic carbocycles. The van der Waals surface area contributed by atoms with Crippen LogP contribution in [0.1, 0.15) is 36.5 Å². The fourth-order valence-corrected chi connectivity index (χ4v) is 4.04. The van der Waals surface area contributed by atoms with Crippen LogP contribution in [0.2, 0.25) is 5.02 Å². The number of benzene rings is 2. The van der Waals surface area contributed by atoms with E-state index in [-0.39, 0.29) is 18.1 Å². The standard InChI is InChI=1S/C25H26ClN3O/c1-17(2)23(30)14-24-27-22-12-13-29(15-18-8-4-3-5-9-18)16-20(22)25(28-24)19-10-6-7-11-21(19)26/h3-11,17H,12-16H2,1-2H3. The summed E-state index contributed by atoms with van der Waals surface area (Å²) in [6, 6.07) is 18.3. The fraction of sp³-hybridized carbons (Fsp3) is 0.320. The fourth-order valence-electron chi connectivity index (χ4n) is 3.81. The van der Waals surface area contributed by atoms with Crippen LogP contribution >= 0.6 is 11.6 Å². The van der Waals surface area contributed by atoms with Crippen LogP contribution in [0.3, 0.4) is 0 Å².